The molecule has 0 amide bonds. The van der Waals surface area contributed by atoms with Crippen molar-refractivity contribution in [2.45, 2.75) is 65.7 Å². The van der Waals surface area contributed by atoms with E-state index < -0.39 is 48.3 Å². The molecule has 0 aliphatic carbocycles. The zero-order chi connectivity index (χ0) is 21.3. The maximum Gasteiger partial charge on any atom is 0.450 e. The van der Waals surface area contributed by atoms with E-state index in [1.807, 2.05) is 0 Å². The van der Waals surface area contributed by atoms with Gasteiger partial charge in [0, 0.05) is 12.8 Å². The highest BCUT2D eigenvalue weighted by Gasteiger charge is 2.39. The number of hydrogen-bond donors (Lipinski definition) is 0. The highest BCUT2D eigenvalue weighted by Crippen LogP contribution is 2.19. The fourth-order valence-electron chi connectivity index (χ4n) is 1.61. The van der Waals surface area contributed by atoms with Crippen molar-refractivity contribution in [3.05, 3.63) is 0 Å². The first-order valence-electron chi connectivity index (χ1n) is 7.70. The summed E-state index contributed by atoms with van der Waals surface area (Å²) in [5.74, 6) is -5.27. The molecule has 0 aromatic carbocycles. The van der Waals surface area contributed by atoms with E-state index in [2.05, 4.69) is 0 Å². The van der Waals surface area contributed by atoms with Crippen LogP contribution in [0.1, 0.15) is 53.4 Å². The molecule has 4 nitrogen and oxygen atoms in total. The van der Waals surface area contributed by atoms with Gasteiger partial charge in [0.2, 0.25) is 11.6 Å². The highest BCUT2D eigenvalue weighted by atomic mass is 19.4. The van der Waals surface area contributed by atoms with E-state index in [0.29, 0.717) is 0 Å². The summed E-state index contributed by atoms with van der Waals surface area (Å²) in [6.45, 7) is 6.82. The van der Waals surface area contributed by atoms with Crippen molar-refractivity contribution in [3.63, 3.8) is 0 Å². The Morgan fingerprint density at radius 1 is 0.615 bits per heavy atom. The van der Waals surface area contributed by atoms with E-state index in [1.54, 1.807) is 27.7 Å². The van der Waals surface area contributed by atoms with Crippen molar-refractivity contribution in [2.75, 3.05) is 0 Å². The number of halogens is 6. The summed E-state index contributed by atoms with van der Waals surface area (Å²) >= 11 is 0. The quantitative estimate of drug-likeness (QED) is 0.458. The summed E-state index contributed by atoms with van der Waals surface area (Å²) in [6, 6.07) is 0. The average Bonchev–Trinajstić information content (AvgIpc) is 2.34. The van der Waals surface area contributed by atoms with E-state index in [0.717, 1.165) is 0 Å². The van der Waals surface area contributed by atoms with Gasteiger partial charge in [-0.25, -0.2) is 0 Å². The van der Waals surface area contributed by atoms with Crippen LogP contribution in [0, 0.1) is 11.8 Å². The summed E-state index contributed by atoms with van der Waals surface area (Å²) in [4.78, 5) is 42.2. The van der Waals surface area contributed by atoms with Gasteiger partial charge in [0.15, 0.2) is 0 Å². The Hall–Kier alpha value is -1.74. The molecule has 0 unspecified atom stereocenters. The van der Waals surface area contributed by atoms with Gasteiger partial charge >= 0.3 is 12.4 Å². The third-order valence-electron chi connectivity index (χ3n) is 2.62. The van der Waals surface area contributed by atoms with Gasteiger partial charge in [-0.15, -0.1) is 0 Å². The molecule has 0 saturated heterocycles. The molecule has 0 bridgehead atoms. The summed E-state index contributed by atoms with van der Waals surface area (Å²) in [5, 5.41) is 0. The van der Waals surface area contributed by atoms with Gasteiger partial charge in [-0.3, -0.25) is 19.2 Å². The molecule has 152 valence electrons. The Kier molecular flexibility index (Phi) is 11.3. The minimum atomic E-state index is -4.88. The van der Waals surface area contributed by atoms with E-state index in [-0.39, 0.29) is 24.7 Å². The predicted octanol–water partition coefficient (Wildman–Crippen LogP) is 4.25. The lowest BCUT2D eigenvalue weighted by Gasteiger charge is -2.05. The van der Waals surface area contributed by atoms with Crippen molar-refractivity contribution in [2.24, 2.45) is 11.8 Å². The number of hydrogen-bond acceptors (Lipinski definition) is 4. The van der Waals surface area contributed by atoms with Gasteiger partial charge in [-0.2, -0.15) is 26.3 Å². The number of rotatable bonds is 8. The fourth-order valence-corrected chi connectivity index (χ4v) is 1.61. The number of alkyl halides is 6. The second kappa shape index (κ2) is 11.1. The largest absolute Gasteiger partial charge is 0.450 e. The second-order valence-corrected chi connectivity index (χ2v) is 6.47. The van der Waals surface area contributed by atoms with Gasteiger partial charge < -0.3 is 0 Å². The van der Waals surface area contributed by atoms with E-state index in [1.165, 1.54) is 0 Å². The van der Waals surface area contributed by atoms with Crippen molar-refractivity contribution in [1.29, 1.82) is 0 Å². The van der Waals surface area contributed by atoms with Gasteiger partial charge in [-0.1, -0.05) is 27.7 Å². The van der Waals surface area contributed by atoms with E-state index in [9.17, 15) is 45.5 Å². The maximum absolute atomic E-state index is 11.6. The van der Waals surface area contributed by atoms with Crippen LogP contribution in [-0.4, -0.2) is 35.5 Å². The van der Waals surface area contributed by atoms with Gasteiger partial charge in [-0.05, 0) is 11.8 Å². The molecule has 10 heteroatoms. The van der Waals surface area contributed by atoms with Crippen LogP contribution in [0.15, 0.2) is 0 Å². The number of ketones is 4. The Bertz CT molecular complexity index is 458. The summed E-state index contributed by atoms with van der Waals surface area (Å²) in [5.41, 5.74) is 0. The molecule has 0 aromatic rings. The molecule has 0 aliphatic heterocycles. The number of carbonyl (C=O) groups excluding carboxylic acids is 4. The zero-order valence-corrected chi connectivity index (χ0v) is 14.9. The Morgan fingerprint density at radius 2 is 0.846 bits per heavy atom. The lowest BCUT2D eigenvalue weighted by molar-refractivity contribution is -0.172. The van der Waals surface area contributed by atoms with E-state index >= 15 is 0 Å². The van der Waals surface area contributed by atoms with Crippen LogP contribution in [0.5, 0.6) is 0 Å². The first-order valence-corrected chi connectivity index (χ1v) is 7.70. The van der Waals surface area contributed by atoms with Crippen LogP contribution < -0.4 is 0 Å². The first-order chi connectivity index (χ1) is 11.5. The van der Waals surface area contributed by atoms with Crippen LogP contribution in [0.4, 0.5) is 26.3 Å². The minimum absolute atomic E-state index is 0.0157. The Balaban J connectivity index is 0. The SMILES string of the molecule is CC(C)CC(=O)CC(=O)C(F)(F)F.CC(C)CC(=O)CC(=O)C(F)(F)F. The highest BCUT2D eigenvalue weighted by molar-refractivity contribution is 6.02. The summed E-state index contributed by atoms with van der Waals surface area (Å²) < 4.78 is 69.9. The van der Waals surface area contributed by atoms with Crippen molar-refractivity contribution >= 4 is 23.1 Å². The van der Waals surface area contributed by atoms with Crippen LogP contribution in [0.3, 0.4) is 0 Å². The normalized spacial score (nSPS) is 11.8. The average molecular weight is 392 g/mol. The molecular weight excluding hydrogens is 370 g/mol. The van der Waals surface area contributed by atoms with Crippen molar-refractivity contribution in [1.82, 2.24) is 0 Å². The molecule has 0 aliphatic rings. The standard InChI is InChI=1S/2C8H11F3O2/c2*1-5(2)3-6(12)4-7(13)8(9,10)11/h2*5H,3-4H2,1-2H3. The number of Topliss-reactive ketones (excluding diaryl/α,β-unsaturated/α-hetero) is 4. The van der Waals surface area contributed by atoms with Crippen LogP contribution in [-0.2, 0) is 19.2 Å². The minimum Gasteiger partial charge on any atom is -0.299 e. The van der Waals surface area contributed by atoms with Crippen molar-refractivity contribution in [3.8, 4) is 0 Å². The molecule has 0 atom stereocenters. The lowest BCUT2D eigenvalue weighted by Crippen LogP contribution is -2.25. The second-order valence-electron chi connectivity index (χ2n) is 6.47. The Morgan fingerprint density at radius 3 is 1.00 bits per heavy atom. The monoisotopic (exact) mass is 392 g/mol. The van der Waals surface area contributed by atoms with Crippen LogP contribution in [0.2, 0.25) is 0 Å². The van der Waals surface area contributed by atoms with Crippen LogP contribution >= 0.6 is 0 Å². The van der Waals surface area contributed by atoms with E-state index in [4.69, 9.17) is 0 Å². The summed E-state index contributed by atoms with van der Waals surface area (Å²) in [7, 11) is 0. The predicted molar refractivity (Wildman–Crippen MR) is 80.3 cm³/mol. The fraction of sp³-hybridized carbons (Fsp3) is 0.750. The van der Waals surface area contributed by atoms with Crippen LogP contribution in [0.25, 0.3) is 0 Å². The number of carbonyl (C=O) groups is 4. The zero-order valence-electron chi connectivity index (χ0n) is 14.9. The molecule has 0 radical (unpaired) electrons. The molecule has 0 rings (SSSR count). The third kappa shape index (κ3) is 14.6. The molecule has 0 fully saturated rings. The summed E-state index contributed by atoms with van der Waals surface area (Å²) in [6.07, 6.45) is -11.8. The molecular formula is C16H22F6O4. The molecule has 0 aromatic heterocycles. The third-order valence-corrected chi connectivity index (χ3v) is 2.62. The molecule has 0 N–H and O–H groups in total. The van der Waals surface area contributed by atoms with Crippen molar-refractivity contribution < 1.29 is 45.5 Å². The van der Waals surface area contributed by atoms with Gasteiger partial charge in [0.1, 0.15) is 11.6 Å². The maximum atomic E-state index is 11.6. The Labute approximate surface area is 147 Å². The molecule has 0 saturated carbocycles. The van der Waals surface area contributed by atoms with Gasteiger partial charge in [0.25, 0.3) is 0 Å². The lowest BCUT2D eigenvalue weighted by atomic mass is 10.0. The smallest absolute Gasteiger partial charge is 0.299 e. The first kappa shape index (κ1) is 26.5. The molecule has 0 heterocycles. The molecule has 26 heavy (non-hydrogen) atoms. The topological polar surface area (TPSA) is 68.3 Å². The van der Waals surface area contributed by atoms with Gasteiger partial charge in [0.05, 0.1) is 12.8 Å². The molecule has 0 spiro atoms.